The van der Waals surface area contributed by atoms with Crippen molar-refractivity contribution in [2.24, 2.45) is 5.41 Å². The number of hydrogen-bond acceptors (Lipinski definition) is 2. The van der Waals surface area contributed by atoms with Crippen LogP contribution in [0.25, 0.3) is 0 Å². The van der Waals surface area contributed by atoms with Gasteiger partial charge in [-0.1, -0.05) is 12.8 Å². The molecule has 14 heavy (non-hydrogen) atoms. The summed E-state index contributed by atoms with van der Waals surface area (Å²) >= 11 is 0. The number of likely N-dealkylation sites (tertiary alicyclic amines) is 1. The maximum absolute atomic E-state index is 9.38. The van der Waals surface area contributed by atoms with Crippen LogP contribution in [0.1, 0.15) is 38.5 Å². The molecule has 1 aliphatic carbocycles. The molecule has 2 rings (SSSR count). The monoisotopic (exact) mass is 285 g/mol. The SMILES string of the molecule is CN1CCC2(CC[C-](O)CC2)CC1.[Rh]. The first-order chi connectivity index (χ1) is 6.20. The van der Waals surface area contributed by atoms with Crippen molar-refractivity contribution in [3.05, 3.63) is 6.10 Å². The van der Waals surface area contributed by atoms with Crippen molar-refractivity contribution >= 4 is 0 Å². The molecule has 1 spiro atoms. The summed E-state index contributed by atoms with van der Waals surface area (Å²) in [5.74, 6) is 0. The molecule has 0 aromatic carbocycles. The molecule has 1 radical (unpaired) electrons. The average molecular weight is 285 g/mol. The molecule has 1 aliphatic heterocycles. The largest absolute Gasteiger partial charge is 0.563 e. The normalized spacial score (nSPS) is 28.7. The number of aliphatic hydroxyl groups is 1. The second-order valence-electron chi connectivity index (χ2n) is 4.87. The van der Waals surface area contributed by atoms with Crippen molar-refractivity contribution in [3.63, 3.8) is 0 Å². The summed E-state index contributed by atoms with van der Waals surface area (Å²) in [6.07, 6.45) is 7.81. The predicted molar refractivity (Wildman–Crippen MR) is 52.8 cm³/mol. The van der Waals surface area contributed by atoms with Gasteiger partial charge < -0.3 is 10.0 Å². The van der Waals surface area contributed by atoms with E-state index < -0.39 is 0 Å². The van der Waals surface area contributed by atoms with Gasteiger partial charge in [-0.25, -0.2) is 6.10 Å². The topological polar surface area (TPSA) is 23.5 Å². The molecule has 85 valence electrons. The number of piperidine rings is 1. The van der Waals surface area contributed by atoms with Crippen LogP contribution in [0.3, 0.4) is 0 Å². The summed E-state index contributed by atoms with van der Waals surface area (Å²) in [5, 5.41) is 9.38. The van der Waals surface area contributed by atoms with Crippen LogP contribution in [0.15, 0.2) is 0 Å². The molecule has 0 atom stereocenters. The van der Waals surface area contributed by atoms with Gasteiger partial charge in [-0.2, -0.15) is 12.8 Å². The first-order valence-corrected chi connectivity index (χ1v) is 5.42. The van der Waals surface area contributed by atoms with Crippen LogP contribution in [-0.4, -0.2) is 30.1 Å². The number of rotatable bonds is 0. The van der Waals surface area contributed by atoms with E-state index in [1.54, 1.807) is 0 Å². The van der Waals surface area contributed by atoms with E-state index in [0.717, 1.165) is 18.9 Å². The van der Waals surface area contributed by atoms with E-state index in [-0.39, 0.29) is 19.5 Å². The van der Waals surface area contributed by atoms with Crippen LogP contribution >= 0.6 is 0 Å². The van der Waals surface area contributed by atoms with Crippen molar-refractivity contribution in [2.45, 2.75) is 38.5 Å². The predicted octanol–water partition coefficient (Wildman–Crippen LogP) is 2.17. The van der Waals surface area contributed by atoms with Crippen molar-refractivity contribution < 1.29 is 24.6 Å². The third kappa shape index (κ3) is 2.77. The molecule has 2 nitrogen and oxygen atoms in total. The summed E-state index contributed by atoms with van der Waals surface area (Å²) in [6, 6.07) is 0. The Morgan fingerprint density at radius 3 is 2.07 bits per heavy atom. The minimum atomic E-state index is 0. The quantitative estimate of drug-likeness (QED) is 0.544. The van der Waals surface area contributed by atoms with Crippen molar-refractivity contribution in [2.75, 3.05) is 20.1 Å². The van der Waals surface area contributed by atoms with Gasteiger partial charge in [0.1, 0.15) is 0 Å². The van der Waals surface area contributed by atoms with Gasteiger partial charge in [0, 0.05) is 19.5 Å². The Morgan fingerprint density at radius 2 is 1.57 bits per heavy atom. The van der Waals surface area contributed by atoms with Gasteiger partial charge in [0.2, 0.25) is 0 Å². The Labute approximate surface area is 99.8 Å². The van der Waals surface area contributed by atoms with E-state index in [1.165, 1.54) is 38.8 Å². The van der Waals surface area contributed by atoms with Crippen LogP contribution in [0.5, 0.6) is 0 Å². The van der Waals surface area contributed by atoms with Crippen LogP contribution < -0.4 is 0 Å². The van der Waals surface area contributed by atoms with Gasteiger partial charge in [0.15, 0.2) is 0 Å². The summed E-state index contributed by atoms with van der Waals surface area (Å²) in [7, 11) is 2.21. The minimum absolute atomic E-state index is 0. The smallest absolute Gasteiger partial charge is 0 e. The molecule has 1 N–H and O–H groups in total. The molecular formula is C11H20NORh-. The summed E-state index contributed by atoms with van der Waals surface area (Å²) in [4.78, 5) is 2.42. The minimum Gasteiger partial charge on any atom is -0.563 e. The summed E-state index contributed by atoms with van der Waals surface area (Å²) in [6.45, 7) is 2.50. The van der Waals surface area contributed by atoms with Gasteiger partial charge >= 0.3 is 0 Å². The standard InChI is InChI=1S/C11H20NO.Rh/c1-12-8-6-11(7-9-12)4-2-10(13)3-5-11;/h13H,2-9H2,1H3;/q-1;. The van der Waals surface area contributed by atoms with Crippen LogP contribution in [0, 0.1) is 11.5 Å². The maximum Gasteiger partial charge on any atom is 0 e. The summed E-state index contributed by atoms with van der Waals surface area (Å²) < 4.78 is 0. The zero-order chi connectivity index (χ0) is 9.31. The Hall–Kier alpha value is 0.543. The van der Waals surface area contributed by atoms with E-state index in [9.17, 15) is 5.11 Å². The molecule has 0 bridgehead atoms. The number of aliphatic hydroxyl groups excluding tert-OH is 1. The van der Waals surface area contributed by atoms with E-state index in [1.807, 2.05) is 0 Å². The van der Waals surface area contributed by atoms with Gasteiger partial charge in [-0.05, 0) is 38.4 Å². The zero-order valence-corrected chi connectivity index (χ0v) is 10.5. The molecule has 1 heterocycles. The Balaban J connectivity index is 0.000000980. The molecule has 0 amide bonds. The van der Waals surface area contributed by atoms with E-state index >= 15 is 0 Å². The molecule has 2 aliphatic rings. The Kier molecular flexibility index (Phi) is 4.55. The van der Waals surface area contributed by atoms with Crippen molar-refractivity contribution in [1.29, 1.82) is 0 Å². The van der Waals surface area contributed by atoms with Crippen molar-refractivity contribution in [1.82, 2.24) is 4.90 Å². The second kappa shape index (κ2) is 5.05. The van der Waals surface area contributed by atoms with Crippen LogP contribution in [-0.2, 0) is 19.5 Å². The van der Waals surface area contributed by atoms with Crippen LogP contribution in [0.2, 0.25) is 0 Å². The van der Waals surface area contributed by atoms with Gasteiger partial charge in [-0.3, -0.25) is 0 Å². The maximum atomic E-state index is 9.38. The fraction of sp³-hybridized carbons (Fsp3) is 0.909. The van der Waals surface area contributed by atoms with E-state index in [4.69, 9.17) is 0 Å². The van der Waals surface area contributed by atoms with Crippen molar-refractivity contribution in [3.8, 4) is 0 Å². The van der Waals surface area contributed by atoms with E-state index in [2.05, 4.69) is 11.9 Å². The number of nitrogens with zero attached hydrogens (tertiary/aromatic N) is 1. The first kappa shape index (κ1) is 12.6. The van der Waals surface area contributed by atoms with E-state index in [0.29, 0.717) is 5.41 Å². The molecule has 1 saturated heterocycles. The molecule has 0 aromatic rings. The average Bonchev–Trinajstić information content (AvgIpc) is 2.16. The molecule has 1 saturated carbocycles. The first-order valence-electron chi connectivity index (χ1n) is 5.42. The zero-order valence-electron chi connectivity index (χ0n) is 8.88. The van der Waals surface area contributed by atoms with Gasteiger partial charge in [0.05, 0.1) is 0 Å². The molecular weight excluding hydrogens is 265 g/mol. The molecule has 0 aromatic heterocycles. The molecule has 2 fully saturated rings. The Bertz CT molecular complexity index is 147. The van der Waals surface area contributed by atoms with Gasteiger partial charge in [-0.15, -0.1) is 0 Å². The third-order valence-corrected chi connectivity index (χ3v) is 3.94. The van der Waals surface area contributed by atoms with Gasteiger partial charge in [0.25, 0.3) is 0 Å². The fourth-order valence-corrected chi connectivity index (χ4v) is 2.66. The van der Waals surface area contributed by atoms with Crippen LogP contribution in [0.4, 0.5) is 0 Å². The Morgan fingerprint density at radius 1 is 1.07 bits per heavy atom. The third-order valence-electron chi connectivity index (χ3n) is 3.94. The summed E-state index contributed by atoms with van der Waals surface area (Å²) in [5.41, 5.74) is 0.596. The molecule has 0 unspecified atom stereocenters. The second-order valence-corrected chi connectivity index (χ2v) is 4.87. The molecule has 3 heteroatoms. The number of hydrogen-bond donors (Lipinski definition) is 1. The fourth-order valence-electron chi connectivity index (χ4n) is 2.66.